The van der Waals surface area contributed by atoms with Gasteiger partial charge in [-0.2, -0.15) is 0 Å². The summed E-state index contributed by atoms with van der Waals surface area (Å²) in [6.07, 6.45) is 11.0. The van der Waals surface area contributed by atoms with Crippen molar-refractivity contribution in [3.8, 4) is 0 Å². The lowest BCUT2D eigenvalue weighted by molar-refractivity contribution is -0.106. The summed E-state index contributed by atoms with van der Waals surface area (Å²) in [5.41, 5.74) is 2.05. The Balaban J connectivity index is 1.55. The van der Waals surface area contributed by atoms with E-state index in [-0.39, 0.29) is 23.5 Å². The number of nitrogens with zero attached hydrogens (tertiary/aromatic N) is 1. The molecule has 0 aromatic heterocycles. The number of hydrogen-bond donors (Lipinski definition) is 4. The molecule has 4 N–H and O–H groups in total. The average molecular weight is 464 g/mol. The molecule has 0 heterocycles. The molecule has 0 radical (unpaired) electrons. The summed E-state index contributed by atoms with van der Waals surface area (Å²) < 4.78 is 5.21. The highest BCUT2D eigenvalue weighted by molar-refractivity contribution is 5.39. The van der Waals surface area contributed by atoms with E-state index in [4.69, 9.17) is 4.74 Å². The van der Waals surface area contributed by atoms with Crippen LogP contribution in [0.25, 0.3) is 0 Å². The fraction of sp³-hybridized carbons (Fsp3) is 0.852. The Hall–Kier alpha value is -0.760. The molecule has 3 saturated carbocycles. The van der Waals surface area contributed by atoms with E-state index >= 15 is 0 Å². The van der Waals surface area contributed by atoms with Gasteiger partial charge in [-0.05, 0) is 68.6 Å². The molecule has 4 aliphatic rings. The second-order valence-corrected chi connectivity index (χ2v) is 11.7. The highest BCUT2D eigenvalue weighted by Crippen LogP contribution is 2.65. The van der Waals surface area contributed by atoms with Crippen LogP contribution in [-0.4, -0.2) is 83.1 Å². The van der Waals surface area contributed by atoms with Gasteiger partial charge < -0.3 is 25.2 Å². The summed E-state index contributed by atoms with van der Waals surface area (Å²) in [6.45, 7) is 6.66. The Kier molecular flexibility index (Phi) is 7.46. The van der Waals surface area contributed by atoms with Crippen LogP contribution in [0.4, 0.5) is 0 Å². The number of ether oxygens (including phenoxy) is 1. The van der Waals surface area contributed by atoms with Crippen molar-refractivity contribution in [2.24, 2.45) is 22.7 Å². The fourth-order valence-electron chi connectivity index (χ4n) is 7.75. The maximum atomic E-state index is 12.1. The molecule has 188 valence electrons. The van der Waals surface area contributed by atoms with Gasteiger partial charge >= 0.3 is 0 Å². The molecule has 0 aromatic carbocycles. The van der Waals surface area contributed by atoms with Crippen LogP contribution in [0.1, 0.15) is 65.2 Å². The molecule has 0 aromatic rings. The van der Waals surface area contributed by atoms with Crippen LogP contribution >= 0.6 is 0 Å². The van der Waals surface area contributed by atoms with E-state index in [1.54, 1.807) is 7.11 Å². The molecule has 6 heteroatoms. The van der Waals surface area contributed by atoms with Gasteiger partial charge in [0.1, 0.15) is 0 Å². The standard InChI is InChI=1S/C27H45NO5/c1-25-10-7-20(30)15-19(25)5-6-22-23(25)8-11-26(2)24(22)9-12-27(26,32)18-28(13-4-14-33-3)16-21(31)17-29/h5-6,20-21,23-24,29-32H,4,7-18H2,1-3H3/t20-,21?,23?,24?,25-,26-,27+/m0/s1. The third-order valence-corrected chi connectivity index (χ3v) is 9.86. The molecule has 0 saturated heterocycles. The summed E-state index contributed by atoms with van der Waals surface area (Å²) in [5.74, 6) is 0.880. The maximum Gasteiger partial charge on any atom is 0.0897 e. The SMILES string of the molecule is COCCCN(CC(O)CO)C[C@]1(O)CCC2C3=CC=C4C[C@@H](O)CC[C@]4(C)C3CC[C@@]21C. The fourth-order valence-corrected chi connectivity index (χ4v) is 7.75. The predicted molar refractivity (Wildman–Crippen MR) is 129 cm³/mol. The van der Waals surface area contributed by atoms with Gasteiger partial charge in [-0.1, -0.05) is 37.1 Å². The minimum atomic E-state index is -0.820. The van der Waals surface area contributed by atoms with Gasteiger partial charge in [-0.25, -0.2) is 0 Å². The summed E-state index contributed by atoms with van der Waals surface area (Å²) in [7, 11) is 1.69. The topological polar surface area (TPSA) is 93.4 Å². The van der Waals surface area contributed by atoms with Crippen molar-refractivity contribution in [3.05, 3.63) is 23.3 Å². The summed E-state index contributed by atoms with van der Waals surface area (Å²) in [5, 5.41) is 41.8. The van der Waals surface area contributed by atoms with E-state index in [1.165, 1.54) is 11.1 Å². The first-order valence-electron chi connectivity index (χ1n) is 13.0. The zero-order chi connectivity index (χ0) is 23.9. The highest BCUT2D eigenvalue weighted by Gasteiger charge is 2.62. The van der Waals surface area contributed by atoms with E-state index in [0.29, 0.717) is 31.5 Å². The van der Waals surface area contributed by atoms with E-state index in [1.807, 2.05) is 0 Å². The third-order valence-electron chi connectivity index (χ3n) is 9.86. The van der Waals surface area contributed by atoms with Gasteiger partial charge in [0, 0.05) is 38.8 Å². The Bertz CT molecular complexity index is 768. The Morgan fingerprint density at radius 1 is 1.12 bits per heavy atom. The molecule has 3 fully saturated rings. The molecule has 6 nitrogen and oxygen atoms in total. The largest absolute Gasteiger partial charge is 0.394 e. The van der Waals surface area contributed by atoms with Gasteiger partial charge in [-0.3, -0.25) is 4.90 Å². The second kappa shape index (κ2) is 9.71. The smallest absolute Gasteiger partial charge is 0.0897 e. The van der Waals surface area contributed by atoms with Crippen LogP contribution in [0.3, 0.4) is 0 Å². The first-order valence-corrected chi connectivity index (χ1v) is 13.0. The molecule has 4 aliphatic carbocycles. The van der Waals surface area contributed by atoms with Crippen molar-refractivity contribution in [3.63, 3.8) is 0 Å². The number of fused-ring (bicyclic) bond motifs is 5. The van der Waals surface area contributed by atoms with Gasteiger partial charge in [0.15, 0.2) is 0 Å². The van der Waals surface area contributed by atoms with Crippen LogP contribution in [0.2, 0.25) is 0 Å². The number of allylic oxidation sites excluding steroid dienone is 3. The molecular formula is C27H45NO5. The predicted octanol–water partition coefficient (Wildman–Crippen LogP) is 2.65. The van der Waals surface area contributed by atoms with E-state index in [0.717, 1.165) is 57.9 Å². The van der Waals surface area contributed by atoms with Gasteiger partial charge in [0.2, 0.25) is 0 Å². The summed E-state index contributed by atoms with van der Waals surface area (Å²) in [6, 6.07) is 0. The van der Waals surface area contributed by atoms with Crippen molar-refractivity contribution in [1.82, 2.24) is 4.90 Å². The summed E-state index contributed by atoms with van der Waals surface area (Å²) >= 11 is 0. The summed E-state index contributed by atoms with van der Waals surface area (Å²) in [4.78, 5) is 2.12. The molecule has 33 heavy (non-hydrogen) atoms. The first-order chi connectivity index (χ1) is 15.7. The lowest BCUT2D eigenvalue weighted by Gasteiger charge is -2.56. The van der Waals surface area contributed by atoms with Crippen LogP contribution < -0.4 is 0 Å². The first kappa shape index (κ1) is 25.3. The van der Waals surface area contributed by atoms with Gasteiger partial charge in [0.05, 0.1) is 24.4 Å². The molecular weight excluding hydrogens is 418 g/mol. The highest BCUT2D eigenvalue weighted by atomic mass is 16.5. The number of hydrogen-bond acceptors (Lipinski definition) is 6. The molecule has 4 rings (SSSR count). The van der Waals surface area contributed by atoms with E-state index < -0.39 is 11.7 Å². The molecule has 0 spiro atoms. The number of aliphatic hydroxyl groups is 4. The number of aliphatic hydroxyl groups excluding tert-OH is 3. The Morgan fingerprint density at radius 2 is 1.88 bits per heavy atom. The zero-order valence-electron chi connectivity index (χ0n) is 20.8. The molecule has 0 bridgehead atoms. The van der Waals surface area contributed by atoms with E-state index in [9.17, 15) is 20.4 Å². The van der Waals surface area contributed by atoms with Crippen molar-refractivity contribution < 1.29 is 25.2 Å². The van der Waals surface area contributed by atoms with Crippen molar-refractivity contribution in [1.29, 1.82) is 0 Å². The zero-order valence-corrected chi connectivity index (χ0v) is 20.8. The average Bonchev–Trinajstić information content (AvgIpc) is 3.04. The van der Waals surface area contributed by atoms with Crippen molar-refractivity contribution in [2.75, 3.05) is 40.0 Å². The second-order valence-electron chi connectivity index (χ2n) is 11.7. The Labute approximate surface area is 199 Å². The van der Waals surface area contributed by atoms with Gasteiger partial charge in [-0.15, -0.1) is 0 Å². The van der Waals surface area contributed by atoms with Crippen LogP contribution in [0.15, 0.2) is 23.3 Å². The number of methoxy groups -OCH3 is 1. The van der Waals surface area contributed by atoms with Crippen LogP contribution in [0.5, 0.6) is 0 Å². The van der Waals surface area contributed by atoms with E-state index in [2.05, 4.69) is 30.9 Å². The van der Waals surface area contributed by atoms with Crippen LogP contribution in [-0.2, 0) is 4.74 Å². The maximum absolute atomic E-state index is 12.1. The monoisotopic (exact) mass is 463 g/mol. The minimum absolute atomic E-state index is 0.142. The molecule has 0 amide bonds. The normalized spacial score (nSPS) is 41.2. The lowest BCUT2D eigenvalue weighted by Crippen LogP contribution is -2.56. The quantitative estimate of drug-likeness (QED) is 0.393. The third kappa shape index (κ3) is 4.48. The van der Waals surface area contributed by atoms with Crippen LogP contribution in [0, 0.1) is 22.7 Å². The van der Waals surface area contributed by atoms with Crippen molar-refractivity contribution >= 4 is 0 Å². The van der Waals surface area contributed by atoms with Gasteiger partial charge in [0.25, 0.3) is 0 Å². The number of rotatable bonds is 9. The lowest BCUT2D eigenvalue weighted by atomic mass is 9.50. The Morgan fingerprint density at radius 3 is 2.61 bits per heavy atom. The van der Waals surface area contributed by atoms with Crippen molar-refractivity contribution in [2.45, 2.75) is 83.0 Å². The molecule has 0 aliphatic heterocycles. The molecule has 3 unspecified atom stereocenters. The molecule has 7 atom stereocenters. The minimum Gasteiger partial charge on any atom is -0.394 e.